The van der Waals surface area contributed by atoms with Crippen LogP contribution in [0.25, 0.3) is 0 Å². The molecule has 0 aliphatic heterocycles. The van der Waals surface area contributed by atoms with E-state index in [1.807, 2.05) is 0 Å². The third-order valence-corrected chi connectivity index (χ3v) is 0.785. The SMILES string of the molecule is COC(=O)/C=C/C(=O)OCl. The van der Waals surface area contributed by atoms with Crippen LogP contribution < -0.4 is 0 Å². The van der Waals surface area contributed by atoms with Crippen LogP contribution in [-0.2, 0) is 18.6 Å². The molecule has 0 spiro atoms. The quantitative estimate of drug-likeness (QED) is 0.438. The van der Waals surface area contributed by atoms with Crippen molar-refractivity contribution in [3.05, 3.63) is 12.2 Å². The van der Waals surface area contributed by atoms with Gasteiger partial charge in [0.05, 0.1) is 7.11 Å². The normalized spacial score (nSPS) is 9.40. The van der Waals surface area contributed by atoms with Gasteiger partial charge in [0.2, 0.25) is 0 Å². The molecule has 0 saturated heterocycles. The number of carbonyl (C=O) groups excluding carboxylic acids is 2. The second-order valence-electron chi connectivity index (χ2n) is 1.25. The Bertz CT molecular complexity index is 145. The van der Waals surface area contributed by atoms with Crippen molar-refractivity contribution in [3.8, 4) is 0 Å². The molecule has 56 valence electrons. The molecule has 0 rings (SSSR count). The molecule has 0 saturated carbocycles. The Labute approximate surface area is 62.5 Å². The Hall–Kier alpha value is -1.03. The van der Waals surface area contributed by atoms with Gasteiger partial charge in [-0.25, -0.2) is 9.59 Å². The van der Waals surface area contributed by atoms with Crippen molar-refractivity contribution in [2.24, 2.45) is 0 Å². The van der Waals surface area contributed by atoms with Crippen molar-refractivity contribution >= 4 is 23.8 Å². The van der Waals surface area contributed by atoms with Crippen molar-refractivity contribution in [3.63, 3.8) is 0 Å². The highest BCUT2D eigenvalue weighted by molar-refractivity contribution is 6.15. The van der Waals surface area contributed by atoms with E-state index in [0.717, 1.165) is 12.2 Å². The lowest BCUT2D eigenvalue weighted by Crippen LogP contribution is -1.97. The zero-order chi connectivity index (χ0) is 7.98. The lowest BCUT2D eigenvalue weighted by Gasteiger charge is -1.87. The highest BCUT2D eigenvalue weighted by Gasteiger charge is 1.95. The van der Waals surface area contributed by atoms with Gasteiger partial charge in [-0.1, -0.05) is 0 Å². The average Bonchev–Trinajstić information content (AvgIpc) is 1.99. The van der Waals surface area contributed by atoms with E-state index in [2.05, 4.69) is 20.9 Å². The van der Waals surface area contributed by atoms with E-state index in [4.69, 9.17) is 0 Å². The Balaban J connectivity index is 3.75. The van der Waals surface area contributed by atoms with E-state index in [1.54, 1.807) is 0 Å². The first-order valence-corrected chi connectivity index (χ1v) is 2.60. The van der Waals surface area contributed by atoms with Crippen molar-refractivity contribution in [1.29, 1.82) is 0 Å². The second-order valence-corrected chi connectivity index (χ2v) is 1.41. The zero-order valence-electron chi connectivity index (χ0n) is 5.17. The number of carbonyl (C=O) groups is 2. The lowest BCUT2D eigenvalue weighted by atomic mass is 10.5. The van der Waals surface area contributed by atoms with Crippen LogP contribution in [0.5, 0.6) is 0 Å². The highest BCUT2D eigenvalue weighted by atomic mass is 35.5. The van der Waals surface area contributed by atoms with Crippen LogP contribution in [-0.4, -0.2) is 19.0 Å². The molecule has 0 N–H and O–H groups in total. The average molecular weight is 165 g/mol. The van der Waals surface area contributed by atoms with Crippen molar-refractivity contribution in [2.45, 2.75) is 0 Å². The summed E-state index contributed by atoms with van der Waals surface area (Å²) in [7, 11) is 1.19. The van der Waals surface area contributed by atoms with Gasteiger partial charge in [0.15, 0.2) is 0 Å². The maximum Gasteiger partial charge on any atom is 0.349 e. The van der Waals surface area contributed by atoms with Crippen molar-refractivity contribution < 1.29 is 18.6 Å². The van der Waals surface area contributed by atoms with E-state index >= 15 is 0 Å². The molecule has 0 aliphatic rings. The number of rotatable bonds is 2. The van der Waals surface area contributed by atoms with Crippen molar-refractivity contribution in [1.82, 2.24) is 0 Å². The first-order valence-electron chi connectivity index (χ1n) is 2.29. The Kier molecular flexibility index (Phi) is 4.32. The molecule has 0 aliphatic carbocycles. The molecule has 5 heteroatoms. The minimum atomic E-state index is -0.813. The van der Waals surface area contributed by atoms with Gasteiger partial charge in [0, 0.05) is 12.2 Å². The van der Waals surface area contributed by atoms with Crippen LogP contribution in [0, 0.1) is 0 Å². The van der Waals surface area contributed by atoms with Gasteiger partial charge in [0.1, 0.15) is 11.9 Å². The Morgan fingerprint density at radius 3 is 2.20 bits per heavy atom. The molecule has 0 aromatic heterocycles. The van der Waals surface area contributed by atoms with Gasteiger partial charge in [-0.05, 0) is 0 Å². The number of hydrogen-bond acceptors (Lipinski definition) is 4. The third kappa shape index (κ3) is 3.91. The summed E-state index contributed by atoms with van der Waals surface area (Å²) in [4.78, 5) is 20.5. The van der Waals surface area contributed by atoms with Gasteiger partial charge in [0.25, 0.3) is 0 Å². The molecule has 0 heterocycles. The number of halogens is 1. The van der Waals surface area contributed by atoms with E-state index in [-0.39, 0.29) is 0 Å². The lowest BCUT2D eigenvalue weighted by molar-refractivity contribution is -0.135. The molecular weight excluding hydrogens is 160 g/mol. The predicted molar refractivity (Wildman–Crippen MR) is 33.1 cm³/mol. The summed E-state index contributed by atoms with van der Waals surface area (Å²) in [6.45, 7) is 0. The standard InChI is InChI=1S/C5H5ClO4/c1-9-4(7)2-3-5(8)10-6/h2-3H,1H3/b3-2+. The van der Waals surface area contributed by atoms with Crippen LogP contribution in [0.2, 0.25) is 0 Å². The molecule has 0 amide bonds. The van der Waals surface area contributed by atoms with E-state index < -0.39 is 11.9 Å². The van der Waals surface area contributed by atoms with Crippen LogP contribution in [0.3, 0.4) is 0 Å². The first kappa shape index (κ1) is 8.97. The number of ether oxygens (including phenoxy) is 1. The maximum absolute atomic E-state index is 10.3. The summed E-state index contributed by atoms with van der Waals surface area (Å²) in [5, 5.41) is 0. The molecule has 0 atom stereocenters. The summed E-state index contributed by atoms with van der Waals surface area (Å²) in [5.74, 6) is -1.45. The summed E-state index contributed by atoms with van der Waals surface area (Å²) >= 11 is 4.63. The summed E-state index contributed by atoms with van der Waals surface area (Å²) < 4.78 is 7.85. The molecule has 0 radical (unpaired) electrons. The number of methoxy groups -OCH3 is 1. The Morgan fingerprint density at radius 1 is 1.30 bits per heavy atom. The van der Waals surface area contributed by atoms with Gasteiger partial charge < -0.3 is 9.03 Å². The predicted octanol–water partition coefficient (Wildman–Crippen LogP) is 0.413. The molecule has 0 aromatic rings. The topological polar surface area (TPSA) is 52.6 Å². The fourth-order valence-electron chi connectivity index (χ4n) is 0.230. The van der Waals surface area contributed by atoms with E-state index in [0.29, 0.717) is 0 Å². The van der Waals surface area contributed by atoms with Crippen molar-refractivity contribution in [2.75, 3.05) is 7.11 Å². The van der Waals surface area contributed by atoms with E-state index in [9.17, 15) is 9.59 Å². The zero-order valence-corrected chi connectivity index (χ0v) is 5.92. The van der Waals surface area contributed by atoms with Crippen LogP contribution >= 0.6 is 11.9 Å². The summed E-state index contributed by atoms with van der Waals surface area (Å²) in [6.07, 6.45) is 1.77. The molecule has 0 unspecified atom stereocenters. The highest BCUT2D eigenvalue weighted by Crippen LogP contribution is 1.85. The monoisotopic (exact) mass is 164 g/mol. The molecule has 4 nitrogen and oxygen atoms in total. The number of esters is 1. The smallest absolute Gasteiger partial charge is 0.349 e. The first-order chi connectivity index (χ1) is 4.70. The Morgan fingerprint density at radius 2 is 1.80 bits per heavy atom. The van der Waals surface area contributed by atoms with Crippen LogP contribution in [0.1, 0.15) is 0 Å². The molecule has 0 fully saturated rings. The van der Waals surface area contributed by atoms with Crippen LogP contribution in [0.4, 0.5) is 0 Å². The molecule has 0 aromatic carbocycles. The summed E-state index contributed by atoms with van der Waals surface area (Å²) in [6, 6.07) is 0. The fraction of sp³-hybridized carbons (Fsp3) is 0.200. The van der Waals surface area contributed by atoms with Gasteiger partial charge in [-0.15, -0.1) is 0 Å². The maximum atomic E-state index is 10.3. The van der Waals surface area contributed by atoms with Crippen LogP contribution in [0.15, 0.2) is 12.2 Å². The number of hydrogen-bond donors (Lipinski definition) is 0. The second kappa shape index (κ2) is 4.81. The molecule has 10 heavy (non-hydrogen) atoms. The minimum absolute atomic E-state index is 0.637. The van der Waals surface area contributed by atoms with Gasteiger partial charge in [-0.3, -0.25) is 0 Å². The third-order valence-electron chi connectivity index (χ3n) is 0.633. The minimum Gasteiger partial charge on any atom is -0.466 e. The summed E-state index contributed by atoms with van der Waals surface area (Å²) in [5.41, 5.74) is 0. The van der Waals surface area contributed by atoms with Gasteiger partial charge >= 0.3 is 11.9 Å². The molecule has 0 bridgehead atoms. The fourth-order valence-corrected chi connectivity index (χ4v) is 0.281. The van der Waals surface area contributed by atoms with Gasteiger partial charge in [-0.2, -0.15) is 0 Å². The van der Waals surface area contributed by atoms with E-state index in [1.165, 1.54) is 7.11 Å². The largest absolute Gasteiger partial charge is 0.466 e. The molecular formula is C5H5ClO4.